The Labute approximate surface area is 391 Å². The number of nitrogens with two attached hydrogens (primary N) is 1. The summed E-state index contributed by atoms with van der Waals surface area (Å²) < 4.78 is 59.3. The molecule has 0 fully saturated rings. The lowest BCUT2D eigenvalue weighted by Gasteiger charge is -2.41. The van der Waals surface area contributed by atoms with Gasteiger partial charge in [0.1, 0.15) is 5.72 Å². The van der Waals surface area contributed by atoms with Crippen molar-refractivity contribution in [2.24, 2.45) is 5.73 Å². The molecule has 10 heteroatoms. The SMILES string of the molecule is CCCC(C)(C)OCCC(C)(C)OC(COC(C)(C)CCOC(C)(C)CC)CC(C)(C)OCC(CC(C)(C)OC(C)(C)CCOC(C)(C)CC)OC(C)(N)CCOC(C)(C)CCC. The van der Waals surface area contributed by atoms with Gasteiger partial charge in [-0.25, -0.2) is 0 Å². The summed E-state index contributed by atoms with van der Waals surface area (Å²) in [4.78, 5) is 0. The Morgan fingerprint density at radius 1 is 0.333 bits per heavy atom. The summed E-state index contributed by atoms with van der Waals surface area (Å²) in [6, 6.07) is 0. The molecule has 0 rings (SSSR count). The Morgan fingerprint density at radius 2 is 0.667 bits per heavy atom. The molecule has 0 aromatic heterocycles. The van der Waals surface area contributed by atoms with Crippen LogP contribution in [0, 0.1) is 0 Å². The molecule has 0 saturated carbocycles. The average molecular weight is 904 g/mol. The molecule has 0 aliphatic heterocycles. The standard InChI is InChI=1S/C53H109NO9/c1-24-28-46(9,10)57-35-31-49(15,16)61-42(40-59-48(13,14)30-34-55-44(5,6)26-3)38-51(19,20)60-41-43(62-53(23,54)33-37-58-47(11,12)29-25-2)39-52(21,22)63-50(17,18)32-36-56-45(7,8)27-4/h42-43H,24-41,54H2,1-23H3. The lowest BCUT2D eigenvalue weighted by Crippen LogP contribution is -2.49. The molecule has 380 valence electrons. The van der Waals surface area contributed by atoms with E-state index in [2.05, 4.69) is 152 Å². The van der Waals surface area contributed by atoms with Gasteiger partial charge in [0.2, 0.25) is 0 Å². The highest BCUT2D eigenvalue weighted by atomic mass is 16.6. The second-order valence-corrected chi connectivity index (χ2v) is 24.4. The van der Waals surface area contributed by atoms with Gasteiger partial charge in [-0.15, -0.1) is 0 Å². The lowest BCUT2D eigenvalue weighted by atomic mass is 9.96. The van der Waals surface area contributed by atoms with Crippen LogP contribution in [-0.2, 0) is 42.6 Å². The average Bonchev–Trinajstić information content (AvgIpc) is 3.07. The molecule has 0 amide bonds. The summed E-state index contributed by atoms with van der Waals surface area (Å²) in [7, 11) is 0. The second kappa shape index (κ2) is 26.4. The lowest BCUT2D eigenvalue weighted by molar-refractivity contribution is -0.197. The highest BCUT2D eigenvalue weighted by Crippen LogP contribution is 2.33. The molecule has 0 saturated heterocycles. The Kier molecular flexibility index (Phi) is 26.2. The molecule has 0 bridgehead atoms. The monoisotopic (exact) mass is 904 g/mol. The third-order valence-corrected chi connectivity index (χ3v) is 12.3. The van der Waals surface area contributed by atoms with Gasteiger partial charge < -0.3 is 48.4 Å². The molecule has 0 heterocycles. The van der Waals surface area contributed by atoms with E-state index in [0.29, 0.717) is 58.9 Å². The highest BCUT2D eigenvalue weighted by molar-refractivity contribution is 4.86. The Bertz CT molecular complexity index is 1220. The van der Waals surface area contributed by atoms with Gasteiger partial charge in [-0.2, -0.15) is 0 Å². The van der Waals surface area contributed by atoms with Gasteiger partial charge in [-0.1, -0.05) is 40.5 Å². The topological polar surface area (TPSA) is 109 Å². The van der Waals surface area contributed by atoms with Crippen molar-refractivity contribution >= 4 is 0 Å². The van der Waals surface area contributed by atoms with Crippen LogP contribution in [0.5, 0.6) is 0 Å². The molecule has 2 N–H and O–H groups in total. The second-order valence-electron chi connectivity index (χ2n) is 24.4. The summed E-state index contributed by atoms with van der Waals surface area (Å²) in [6.45, 7) is 52.2. The summed E-state index contributed by atoms with van der Waals surface area (Å²) >= 11 is 0. The molecule has 0 aliphatic rings. The molecule has 3 atom stereocenters. The van der Waals surface area contributed by atoms with Crippen LogP contribution < -0.4 is 5.73 Å². The van der Waals surface area contributed by atoms with Crippen molar-refractivity contribution in [2.45, 2.75) is 305 Å². The van der Waals surface area contributed by atoms with Crippen molar-refractivity contribution in [1.82, 2.24) is 0 Å². The van der Waals surface area contributed by atoms with Crippen molar-refractivity contribution in [3.05, 3.63) is 0 Å². The van der Waals surface area contributed by atoms with Crippen molar-refractivity contribution in [1.29, 1.82) is 0 Å². The minimum absolute atomic E-state index is 0.165. The summed E-state index contributed by atoms with van der Waals surface area (Å²) in [5.74, 6) is 0. The zero-order chi connectivity index (χ0) is 49.2. The van der Waals surface area contributed by atoms with Crippen molar-refractivity contribution in [3.8, 4) is 0 Å². The first-order chi connectivity index (χ1) is 28.3. The van der Waals surface area contributed by atoms with E-state index in [9.17, 15) is 0 Å². The van der Waals surface area contributed by atoms with Gasteiger partial charge in [-0.3, -0.25) is 0 Å². The van der Waals surface area contributed by atoms with E-state index in [4.69, 9.17) is 48.4 Å². The molecule has 0 radical (unpaired) electrons. The molecule has 0 aromatic carbocycles. The smallest absolute Gasteiger partial charge is 0.116 e. The zero-order valence-corrected chi connectivity index (χ0v) is 46.1. The van der Waals surface area contributed by atoms with Crippen molar-refractivity contribution in [3.63, 3.8) is 0 Å². The Morgan fingerprint density at radius 3 is 1.10 bits per heavy atom. The van der Waals surface area contributed by atoms with Gasteiger partial charge in [0, 0.05) is 19.3 Å². The molecule has 0 aromatic rings. The third-order valence-electron chi connectivity index (χ3n) is 12.3. The first-order valence-electron chi connectivity index (χ1n) is 25.0. The highest BCUT2D eigenvalue weighted by Gasteiger charge is 2.38. The van der Waals surface area contributed by atoms with Crippen LogP contribution >= 0.6 is 0 Å². The fourth-order valence-electron chi connectivity index (χ4n) is 7.73. The van der Waals surface area contributed by atoms with E-state index >= 15 is 0 Å². The molecule has 10 nitrogen and oxygen atoms in total. The molecule has 0 spiro atoms. The fraction of sp³-hybridized carbons (Fsp3) is 1.00. The van der Waals surface area contributed by atoms with Crippen LogP contribution in [0.2, 0.25) is 0 Å². The predicted molar refractivity (Wildman–Crippen MR) is 264 cm³/mol. The van der Waals surface area contributed by atoms with Crippen molar-refractivity contribution < 1.29 is 42.6 Å². The van der Waals surface area contributed by atoms with Gasteiger partial charge in [0.15, 0.2) is 0 Å². The van der Waals surface area contributed by atoms with Crippen LogP contribution in [0.1, 0.15) is 236 Å². The largest absolute Gasteiger partial charge is 0.375 e. The van der Waals surface area contributed by atoms with Crippen molar-refractivity contribution in [2.75, 3.05) is 39.6 Å². The minimum atomic E-state index is -0.954. The maximum atomic E-state index is 6.98. The van der Waals surface area contributed by atoms with Crippen LogP contribution in [-0.4, -0.2) is 108 Å². The zero-order valence-electron chi connectivity index (χ0n) is 46.1. The van der Waals surface area contributed by atoms with Gasteiger partial charge in [-0.05, 0) is 176 Å². The first kappa shape index (κ1) is 62.6. The fourth-order valence-corrected chi connectivity index (χ4v) is 7.73. The van der Waals surface area contributed by atoms with E-state index in [1.54, 1.807) is 0 Å². The number of rotatable bonds is 38. The Balaban J connectivity index is 6.38. The van der Waals surface area contributed by atoms with Crippen LogP contribution in [0.4, 0.5) is 0 Å². The van der Waals surface area contributed by atoms with Crippen LogP contribution in [0.3, 0.4) is 0 Å². The van der Waals surface area contributed by atoms with E-state index in [-0.39, 0.29) is 34.6 Å². The molecule has 3 unspecified atom stereocenters. The molecular weight excluding hydrogens is 795 g/mol. The van der Waals surface area contributed by atoms with Gasteiger partial charge in [0.05, 0.1) is 102 Å². The van der Waals surface area contributed by atoms with E-state index in [0.717, 1.165) is 57.8 Å². The summed E-state index contributed by atoms with van der Waals surface area (Å²) in [5.41, 5.74) is 2.79. The summed E-state index contributed by atoms with van der Waals surface area (Å²) in [6.07, 6.45) is 9.38. The van der Waals surface area contributed by atoms with E-state index in [1.165, 1.54) is 0 Å². The van der Waals surface area contributed by atoms with Gasteiger partial charge >= 0.3 is 0 Å². The number of hydrogen-bond donors (Lipinski definition) is 1. The maximum absolute atomic E-state index is 6.98. The third kappa shape index (κ3) is 31.3. The summed E-state index contributed by atoms with van der Waals surface area (Å²) in [5, 5.41) is 0. The minimum Gasteiger partial charge on any atom is -0.375 e. The number of hydrogen-bond acceptors (Lipinski definition) is 10. The molecule has 0 aliphatic carbocycles. The van der Waals surface area contributed by atoms with Gasteiger partial charge in [0.25, 0.3) is 0 Å². The van der Waals surface area contributed by atoms with E-state index in [1.807, 2.05) is 6.92 Å². The van der Waals surface area contributed by atoms with E-state index < -0.39 is 33.7 Å². The number of ether oxygens (including phenoxy) is 9. The first-order valence-corrected chi connectivity index (χ1v) is 25.0. The predicted octanol–water partition coefficient (Wildman–Crippen LogP) is 13.3. The van der Waals surface area contributed by atoms with Crippen LogP contribution in [0.15, 0.2) is 0 Å². The Hall–Kier alpha value is -0.400. The maximum Gasteiger partial charge on any atom is 0.116 e. The molecular formula is C53H109NO9. The van der Waals surface area contributed by atoms with Crippen LogP contribution in [0.25, 0.3) is 0 Å². The molecule has 63 heavy (non-hydrogen) atoms. The quantitative estimate of drug-likeness (QED) is 0.0602. The normalized spacial score (nSPS) is 16.4.